The summed E-state index contributed by atoms with van der Waals surface area (Å²) in [4.78, 5) is 2.43. The minimum atomic E-state index is -0.302. The molecule has 0 amide bonds. The summed E-state index contributed by atoms with van der Waals surface area (Å²) >= 11 is 0. The molecule has 2 rings (SSSR count). The fourth-order valence-electron chi connectivity index (χ4n) is 2.73. The van der Waals surface area contributed by atoms with Crippen molar-refractivity contribution in [3.8, 4) is 0 Å². The minimum Gasteiger partial charge on any atom is -0.389 e. The molecule has 0 spiro atoms. The molecule has 0 aromatic rings. The summed E-state index contributed by atoms with van der Waals surface area (Å²) < 4.78 is 5.61. The Hall–Kier alpha value is -0.120. The molecule has 2 aliphatic rings. The van der Waals surface area contributed by atoms with Gasteiger partial charge in [-0.1, -0.05) is 0 Å². The van der Waals surface area contributed by atoms with E-state index in [0.29, 0.717) is 12.1 Å². The standard InChI is InChI=1S/C11H21NO2/c1-8-7-10(11(13)9(2)14-8)12-5-3-4-6-12/h8-11,13H,3-7H2,1-2H3/t8-,9+,10+,11+/m1/s1. The number of aliphatic hydroxyl groups excluding tert-OH is 1. The molecule has 3 nitrogen and oxygen atoms in total. The van der Waals surface area contributed by atoms with Gasteiger partial charge in [0.25, 0.3) is 0 Å². The first-order valence-corrected chi connectivity index (χ1v) is 5.76. The fourth-order valence-corrected chi connectivity index (χ4v) is 2.73. The molecule has 0 bridgehead atoms. The Bertz CT molecular complexity index is 190. The van der Waals surface area contributed by atoms with E-state index < -0.39 is 0 Å². The van der Waals surface area contributed by atoms with Crippen molar-refractivity contribution in [2.24, 2.45) is 0 Å². The smallest absolute Gasteiger partial charge is 0.0954 e. The summed E-state index contributed by atoms with van der Waals surface area (Å²) in [6, 6.07) is 0.330. The van der Waals surface area contributed by atoms with Gasteiger partial charge in [0, 0.05) is 6.04 Å². The van der Waals surface area contributed by atoms with Gasteiger partial charge < -0.3 is 9.84 Å². The van der Waals surface area contributed by atoms with Crippen LogP contribution in [0.5, 0.6) is 0 Å². The highest BCUT2D eigenvalue weighted by Crippen LogP contribution is 2.26. The van der Waals surface area contributed by atoms with E-state index in [1.165, 1.54) is 12.8 Å². The molecule has 14 heavy (non-hydrogen) atoms. The van der Waals surface area contributed by atoms with E-state index in [1.54, 1.807) is 0 Å². The van der Waals surface area contributed by atoms with Gasteiger partial charge in [-0.15, -0.1) is 0 Å². The predicted molar refractivity (Wildman–Crippen MR) is 55.2 cm³/mol. The van der Waals surface area contributed by atoms with Gasteiger partial charge in [0.2, 0.25) is 0 Å². The van der Waals surface area contributed by atoms with Crippen molar-refractivity contribution in [2.45, 2.75) is 57.5 Å². The highest BCUT2D eigenvalue weighted by atomic mass is 16.5. The average Bonchev–Trinajstić information content (AvgIpc) is 2.63. The second kappa shape index (κ2) is 4.17. The lowest BCUT2D eigenvalue weighted by atomic mass is 9.95. The van der Waals surface area contributed by atoms with Crippen LogP contribution in [0.25, 0.3) is 0 Å². The first-order valence-electron chi connectivity index (χ1n) is 5.76. The monoisotopic (exact) mass is 199 g/mol. The normalized spacial score (nSPS) is 45.6. The van der Waals surface area contributed by atoms with Crippen LogP contribution in [0.1, 0.15) is 33.1 Å². The molecule has 2 fully saturated rings. The van der Waals surface area contributed by atoms with E-state index in [4.69, 9.17) is 4.74 Å². The van der Waals surface area contributed by atoms with Crippen molar-refractivity contribution in [3.63, 3.8) is 0 Å². The van der Waals surface area contributed by atoms with Gasteiger partial charge in [-0.05, 0) is 46.2 Å². The summed E-state index contributed by atoms with van der Waals surface area (Å²) in [6.07, 6.45) is 3.53. The summed E-state index contributed by atoms with van der Waals surface area (Å²) in [5.74, 6) is 0. The lowest BCUT2D eigenvalue weighted by molar-refractivity contribution is -0.137. The second-order valence-corrected chi connectivity index (χ2v) is 4.69. The molecule has 0 aromatic carbocycles. The molecule has 4 atom stereocenters. The lowest BCUT2D eigenvalue weighted by Gasteiger charge is -2.41. The molecule has 0 aliphatic carbocycles. The second-order valence-electron chi connectivity index (χ2n) is 4.69. The van der Waals surface area contributed by atoms with Gasteiger partial charge in [0.1, 0.15) is 0 Å². The van der Waals surface area contributed by atoms with E-state index in [2.05, 4.69) is 11.8 Å². The molecule has 2 aliphatic heterocycles. The number of ether oxygens (including phenoxy) is 1. The number of rotatable bonds is 1. The first kappa shape index (κ1) is 10.4. The first-order chi connectivity index (χ1) is 6.68. The zero-order valence-electron chi connectivity index (χ0n) is 9.15. The van der Waals surface area contributed by atoms with E-state index in [-0.39, 0.29) is 12.2 Å². The van der Waals surface area contributed by atoms with Gasteiger partial charge in [-0.2, -0.15) is 0 Å². The third-order valence-corrected chi connectivity index (χ3v) is 3.51. The number of nitrogens with zero attached hydrogens (tertiary/aromatic N) is 1. The van der Waals surface area contributed by atoms with Gasteiger partial charge in [-0.25, -0.2) is 0 Å². The molecule has 0 aromatic heterocycles. The Labute approximate surface area is 86.0 Å². The molecule has 0 unspecified atom stereocenters. The van der Waals surface area contributed by atoms with Crippen LogP contribution in [0.3, 0.4) is 0 Å². The van der Waals surface area contributed by atoms with E-state index >= 15 is 0 Å². The van der Waals surface area contributed by atoms with Crippen molar-refractivity contribution in [2.75, 3.05) is 13.1 Å². The van der Waals surface area contributed by atoms with Crippen molar-refractivity contribution >= 4 is 0 Å². The van der Waals surface area contributed by atoms with Crippen LogP contribution in [0.2, 0.25) is 0 Å². The topological polar surface area (TPSA) is 32.7 Å². The Kier molecular flexibility index (Phi) is 3.10. The van der Waals surface area contributed by atoms with E-state index in [0.717, 1.165) is 19.5 Å². The Morgan fingerprint density at radius 3 is 2.50 bits per heavy atom. The van der Waals surface area contributed by atoms with Crippen LogP contribution in [0, 0.1) is 0 Å². The third kappa shape index (κ3) is 1.95. The average molecular weight is 199 g/mol. The summed E-state index contributed by atoms with van der Waals surface area (Å²) in [7, 11) is 0. The highest BCUT2D eigenvalue weighted by Gasteiger charge is 2.37. The molecule has 3 heteroatoms. The van der Waals surface area contributed by atoms with Gasteiger partial charge in [0.15, 0.2) is 0 Å². The number of aliphatic hydroxyl groups is 1. The Morgan fingerprint density at radius 2 is 1.86 bits per heavy atom. The molecule has 0 saturated carbocycles. The van der Waals surface area contributed by atoms with Crippen LogP contribution in [-0.4, -0.2) is 47.4 Å². The molecule has 82 valence electrons. The maximum atomic E-state index is 10.0. The molecule has 0 radical (unpaired) electrons. The van der Waals surface area contributed by atoms with Crippen molar-refractivity contribution in [3.05, 3.63) is 0 Å². The van der Waals surface area contributed by atoms with Crippen molar-refractivity contribution < 1.29 is 9.84 Å². The molecule has 2 heterocycles. The summed E-state index contributed by atoms with van der Waals surface area (Å²) in [5.41, 5.74) is 0. The maximum absolute atomic E-state index is 10.0. The van der Waals surface area contributed by atoms with Gasteiger partial charge in [-0.3, -0.25) is 4.90 Å². The predicted octanol–water partition coefficient (Wildman–Crippen LogP) is 1.01. The Balaban J connectivity index is 2.00. The molecule has 1 N–H and O–H groups in total. The summed E-state index contributed by atoms with van der Waals surface area (Å²) in [6.45, 7) is 6.39. The quantitative estimate of drug-likeness (QED) is 0.684. The van der Waals surface area contributed by atoms with E-state index in [1.807, 2.05) is 6.92 Å². The zero-order valence-corrected chi connectivity index (χ0v) is 9.15. The van der Waals surface area contributed by atoms with Crippen molar-refractivity contribution in [1.82, 2.24) is 4.90 Å². The van der Waals surface area contributed by atoms with Crippen LogP contribution in [0.15, 0.2) is 0 Å². The van der Waals surface area contributed by atoms with Crippen LogP contribution in [0.4, 0.5) is 0 Å². The molecular weight excluding hydrogens is 178 g/mol. The summed E-state index contributed by atoms with van der Waals surface area (Å²) in [5, 5.41) is 10.0. The van der Waals surface area contributed by atoms with Crippen molar-refractivity contribution in [1.29, 1.82) is 0 Å². The number of likely N-dealkylation sites (tertiary alicyclic amines) is 1. The highest BCUT2D eigenvalue weighted by molar-refractivity contribution is 4.90. The molecule has 2 saturated heterocycles. The Morgan fingerprint density at radius 1 is 1.21 bits per heavy atom. The van der Waals surface area contributed by atoms with Gasteiger partial charge >= 0.3 is 0 Å². The maximum Gasteiger partial charge on any atom is 0.0954 e. The van der Waals surface area contributed by atoms with E-state index in [9.17, 15) is 5.11 Å². The minimum absolute atomic E-state index is 0.00986. The largest absolute Gasteiger partial charge is 0.389 e. The van der Waals surface area contributed by atoms with Crippen LogP contribution in [-0.2, 0) is 4.74 Å². The van der Waals surface area contributed by atoms with Crippen LogP contribution >= 0.6 is 0 Å². The zero-order chi connectivity index (χ0) is 10.1. The SMILES string of the molecule is C[C@@H]1C[C@H](N2CCCC2)[C@@H](O)[C@H](C)O1. The number of hydrogen-bond donors (Lipinski definition) is 1. The third-order valence-electron chi connectivity index (χ3n) is 3.51. The van der Waals surface area contributed by atoms with Gasteiger partial charge in [0.05, 0.1) is 18.3 Å². The fraction of sp³-hybridized carbons (Fsp3) is 1.00. The number of hydrogen-bond acceptors (Lipinski definition) is 3. The lowest BCUT2D eigenvalue weighted by Crippen LogP contribution is -2.53. The molecular formula is C11H21NO2. The van der Waals surface area contributed by atoms with Crippen LogP contribution < -0.4 is 0 Å².